The molecule has 0 spiro atoms. The van der Waals surface area contributed by atoms with Gasteiger partial charge in [-0.25, -0.2) is 4.79 Å². The zero-order valence-corrected chi connectivity index (χ0v) is 8.76. The Morgan fingerprint density at radius 3 is 3.19 bits per heavy atom. The molecule has 1 saturated heterocycles. The smallest absolute Gasteiger partial charge is 0.404 e. The first kappa shape index (κ1) is 10.5. The van der Waals surface area contributed by atoms with Gasteiger partial charge in [-0.2, -0.15) is 0 Å². The van der Waals surface area contributed by atoms with Gasteiger partial charge in [-0.15, -0.1) is 0 Å². The molecule has 0 unspecified atom stereocenters. The number of rotatable bonds is 2. The van der Waals surface area contributed by atoms with Crippen molar-refractivity contribution in [3.05, 3.63) is 18.5 Å². The zero-order valence-electron chi connectivity index (χ0n) is 8.76. The van der Waals surface area contributed by atoms with Gasteiger partial charge in [-0.3, -0.25) is 4.98 Å². The molecule has 2 rings (SSSR count). The van der Waals surface area contributed by atoms with E-state index in [4.69, 9.17) is 10.8 Å². The fourth-order valence-electron chi connectivity index (χ4n) is 1.96. The summed E-state index contributed by atoms with van der Waals surface area (Å²) < 4.78 is 0. The Labute approximate surface area is 93.1 Å². The van der Waals surface area contributed by atoms with Crippen LogP contribution in [-0.4, -0.2) is 35.3 Å². The maximum Gasteiger partial charge on any atom is 0.404 e. The van der Waals surface area contributed by atoms with Gasteiger partial charge in [0.05, 0.1) is 23.6 Å². The summed E-state index contributed by atoms with van der Waals surface area (Å²) in [5, 5.41) is 11.1. The quantitative estimate of drug-likeness (QED) is 0.678. The summed E-state index contributed by atoms with van der Waals surface area (Å²) in [7, 11) is 0. The van der Waals surface area contributed by atoms with Crippen molar-refractivity contribution in [2.24, 2.45) is 0 Å². The molecule has 1 amide bonds. The Morgan fingerprint density at radius 1 is 1.69 bits per heavy atom. The van der Waals surface area contributed by atoms with Gasteiger partial charge in [-0.1, -0.05) is 0 Å². The fourth-order valence-corrected chi connectivity index (χ4v) is 1.96. The van der Waals surface area contributed by atoms with Crippen LogP contribution in [0.25, 0.3) is 0 Å². The summed E-state index contributed by atoms with van der Waals surface area (Å²) in [5.41, 5.74) is 7.35. The van der Waals surface area contributed by atoms with Gasteiger partial charge in [0.15, 0.2) is 0 Å². The standard InChI is InChI=1S/C10H14N4O2/c11-8-5-12-3-1-9(8)14-4-2-7(6-14)13-10(15)16/h1,3,5,7,13H,2,4,6,11H2,(H,15,16)/t7-/m0/s1. The number of amides is 1. The third-order valence-corrected chi connectivity index (χ3v) is 2.68. The number of anilines is 2. The van der Waals surface area contributed by atoms with E-state index in [1.807, 2.05) is 6.07 Å². The molecule has 0 aliphatic carbocycles. The minimum absolute atomic E-state index is 0.0231. The van der Waals surface area contributed by atoms with Crippen LogP contribution in [0, 0.1) is 0 Å². The van der Waals surface area contributed by atoms with Crippen molar-refractivity contribution in [3.8, 4) is 0 Å². The summed E-state index contributed by atoms with van der Waals surface area (Å²) in [6.45, 7) is 1.46. The number of hydrogen-bond acceptors (Lipinski definition) is 4. The second-order valence-corrected chi connectivity index (χ2v) is 3.82. The van der Waals surface area contributed by atoms with E-state index in [9.17, 15) is 4.79 Å². The first-order valence-electron chi connectivity index (χ1n) is 5.10. The lowest BCUT2D eigenvalue weighted by Gasteiger charge is -2.19. The van der Waals surface area contributed by atoms with E-state index in [0.717, 1.165) is 18.7 Å². The number of carbonyl (C=O) groups is 1. The lowest BCUT2D eigenvalue weighted by atomic mass is 10.3. The van der Waals surface area contributed by atoms with Gasteiger partial charge >= 0.3 is 6.09 Å². The lowest BCUT2D eigenvalue weighted by molar-refractivity contribution is 0.191. The number of nitrogens with two attached hydrogens (primary N) is 1. The molecule has 0 bridgehead atoms. The van der Waals surface area contributed by atoms with Crippen molar-refractivity contribution in [1.82, 2.24) is 10.3 Å². The minimum atomic E-state index is -0.977. The molecule has 6 nitrogen and oxygen atoms in total. The Kier molecular flexibility index (Phi) is 2.80. The topological polar surface area (TPSA) is 91.5 Å². The molecule has 1 fully saturated rings. The summed E-state index contributed by atoms with van der Waals surface area (Å²) in [4.78, 5) is 16.5. The van der Waals surface area contributed by atoms with E-state index < -0.39 is 6.09 Å². The van der Waals surface area contributed by atoms with Crippen LogP contribution in [0.1, 0.15) is 6.42 Å². The number of aromatic nitrogens is 1. The van der Waals surface area contributed by atoms with Gasteiger partial charge in [0.25, 0.3) is 0 Å². The molecular formula is C10H14N4O2. The Bertz CT molecular complexity index is 396. The molecule has 1 aliphatic heterocycles. The molecule has 0 aromatic carbocycles. The van der Waals surface area contributed by atoms with Crippen LogP contribution in [0.5, 0.6) is 0 Å². The molecule has 1 aliphatic rings. The van der Waals surface area contributed by atoms with Gasteiger partial charge < -0.3 is 21.1 Å². The third-order valence-electron chi connectivity index (χ3n) is 2.68. The molecule has 1 aromatic heterocycles. The van der Waals surface area contributed by atoms with Crippen molar-refractivity contribution in [1.29, 1.82) is 0 Å². The van der Waals surface area contributed by atoms with Crippen molar-refractivity contribution < 1.29 is 9.90 Å². The fraction of sp³-hybridized carbons (Fsp3) is 0.400. The van der Waals surface area contributed by atoms with Crippen LogP contribution < -0.4 is 16.0 Å². The predicted octanol–water partition coefficient (Wildman–Crippen LogP) is 0.510. The Balaban J connectivity index is 2.04. The predicted molar refractivity (Wildman–Crippen MR) is 60.4 cm³/mol. The second kappa shape index (κ2) is 4.26. The number of pyridine rings is 1. The van der Waals surface area contributed by atoms with Crippen molar-refractivity contribution in [2.45, 2.75) is 12.5 Å². The van der Waals surface area contributed by atoms with E-state index in [1.54, 1.807) is 12.4 Å². The maximum absolute atomic E-state index is 10.5. The van der Waals surface area contributed by atoms with Crippen LogP contribution in [0.4, 0.5) is 16.2 Å². The van der Waals surface area contributed by atoms with E-state index in [0.29, 0.717) is 12.2 Å². The van der Waals surface area contributed by atoms with Gasteiger partial charge in [0.2, 0.25) is 0 Å². The third kappa shape index (κ3) is 2.16. The van der Waals surface area contributed by atoms with Crippen LogP contribution in [0.15, 0.2) is 18.5 Å². The van der Waals surface area contributed by atoms with Gasteiger partial charge in [-0.05, 0) is 12.5 Å². The van der Waals surface area contributed by atoms with Crippen LogP contribution >= 0.6 is 0 Å². The monoisotopic (exact) mass is 222 g/mol. The van der Waals surface area contributed by atoms with Crippen LogP contribution in [0.2, 0.25) is 0 Å². The lowest BCUT2D eigenvalue weighted by Crippen LogP contribution is -2.36. The summed E-state index contributed by atoms with van der Waals surface area (Å²) in [6.07, 6.45) is 3.11. The average Bonchev–Trinajstić information content (AvgIpc) is 2.66. The SMILES string of the molecule is Nc1cnccc1N1CC[C@H](NC(=O)O)C1. The highest BCUT2D eigenvalue weighted by molar-refractivity contribution is 5.68. The van der Waals surface area contributed by atoms with E-state index in [-0.39, 0.29) is 6.04 Å². The Morgan fingerprint density at radius 2 is 2.50 bits per heavy atom. The highest BCUT2D eigenvalue weighted by Crippen LogP contribution is 2.25. The van der Waals surface area contributed by atoms with Crippen molar-refractivity contribution in [2.75, 3.05) is 23.7 Å². The normalized spacial score (nSPS) is 19.8. The maximum atomic E-state index is 10.5. The van der Waals surface area contributed by atoms with Crippen molar-refractivity contribution >= 4 is 17.5 Å². The molecule has 4 N–H and O–H groups in total. The molecule has 6 heteroatoms. The molecule has 0 radical (unpaired) electrons. The molecule has 1 aromatic rings. The molecule has 2 heterocycles. The summed E-state index contributed by atoms with van der Waals surface area (Å²) >= 11 is 0. The van der Waals surface area contributed by atoms with Crippen LogP contribution in [-0.2, 0) is 0 Å². The molecule has 1 atom stereocenters. The number of nitrogens with one attached hydrogen (secondary N) is 1. The number of nitrogen functional groups attached to an aromatic ring is 1. The molecule has 86 valence electrons. The number of hydrogen-bond donors (Lipinski definition) is 3. The first-order valence-corrected chi connectivity index (χ1v) is 5.10. The van der Waals surface area contributed by atoms with Crippen LogP contribution in [0.3, 0.4) is 0 Å². The number of nitrogens with zero attached hydrogens (tertiary/aromatic N) is 2. The summed E-state index contributed by atoms with van der Waals surface area (Å²) in [6, 6.07) is 1.82. The van der Waals surface area contributed by atoms with E-state index >= 15 is 0 Å². The van der Waals surface area contributed by atoms with Crippen molar-refractivity contribution in [3.63, 3.8) is 0 Å². The zero-order chi connectivity index (χ0) is 11.5. The molecule has 16 heavy (non-hydrogen) atoms. The first-order chi connectivity index (χ1) is 7.66. The average molecular weight is 222 g/mol. The van der Waals surface area contributed by atoms with E-state index in [2.05, 4.69) is 15.2 Å². The van der Waals surface area contributed by atoms with E-state index in [1.165, 1.54) is 0 Å². The highest BCUT2D eigenvalue weighted by atomic mass is 16.4. The Hall–Kier alpha value is -1.98. The largest absolute Gasteiger partial charge is 0.465 e. The highest BCUT2D eigenvalue weighted by Gasteiger charge is 2.24. The minimum Gasteiger partial charge on any atom is -0.465 e. The van der Waals surface area contributed by atoms with Gasteiger partial charge in [0.1, 0.15) is 0 Å². The molecule has 0 saturated carbocycles. The second-order valence-electron chi connectivity index (χ2n) is 3.82. The van der Waals surface area contributed by atoms with Gasteiger partial charge in [0, 0.05) is 19.3 Å². The number of carboxylic acid groups (broad SMARTS) is 1. The summed E-state index contributed by atoms with van der Waals surface area (Å²) in [5.74, 6) is 0. The molecular weight excluding hydrogens is 208 g/mol.